The van der Waals surface area contributed by atoms with Crippen LogP contribution in [0.15, 0.2) is 85.5 Å². The van der Waals surface area contributed by atoms with E-state index < -0.39 is 47.1 Å². The Labute approximate surface area is 727 Å². The van der Waals surface area contributed by atoms with E-state index in [4.69, 9.17) is 69.2 Å². The number of alkyl halides is 9. The minimum atomic E-state index is -5.87. The Bertz CT molecular complexity index is 4050. The number of ether oxygens (including phenoxy) is 5. The maximum Gasteiger partial charge on any atom is 0.523 e. The average Bonchev–Trinajstić information content (AvgIpc) is 1.28. The van der Waals surface area contributed by atoms with Crippen LogP contribution in [0.2, 0.25) is 15.9 Å². The fourth-order valence-electron chi connectivity index (χ4n) is 14.6. The number of nitrogens with zero attached hydrogens (tertiary/aromatic N) is 13. The lowest BCUT2D eigenvalue weighted by Crippen LogP contribution is -2.42. The highest BCUT2D eigenvalue weighted by atomic mass is 35.5. The summed E-state index contributed by atoms with van der Waals surface area (Å²) in [4.78, 5) is 55.8. The number of nitrogens with two attached hydrogens (primary N) is 1. The summed E-state index contributed by atoms with van der Waals surface area (Å²) < 4.78 is 157. The van der Waals surface area contributed by atoms with E-state index in [0.29, 0.717) is 48.4 Å². The number of anilines is 2. The molecule has 6 fully saturated rings. The number of aromatic nitrogens is 8. The molecule has 0 atom stereocenters. The number of rotatable bonds is 33. The number of hydrogen-bond donors (Lipinski definition) is 3. The highest BCUT2D eigenvalue weighted by Crippen LogP contribution is 2.33. The monoisotopic (exact) mass is 1810 g/mol. The van der Waals surface area contributed by atoms with Crippen molar-refractivity contribution in [2.45, 2.75) is 186 Å². The molecule has 12 rings (SSSR count). The first-order valence-corrected chi connectivity index (χ1v) is 44.6. The molecule has 0 unspecified atom stereocenters. The van der Waals surface area contributed by atoms with Crippen LogP contribution in [0.3, 0.4) is 0 Å². The van der Waals surface area contributed by atoms with Gasteiger partial charge < -0.3 is 54.8 Å². The van der Waals surface area contributed by atoms with E-state index in [0.717, 1.165) is 219 Å². The van der Waals surface area contributed by atoms with Crippen LogP contribution >= 0.6 is 34.8 Å². The first-order chi connectivity index (χ1) is 58.4. The van der Waals surface area contributed by atoms with Gasteiger partial charge in [-0.15, -0.1) is 0 Å². The second-order valence-electron chi connectivity index (χ2n) is 31.8. The van der Waals surface area contributed by atoms with Crippen molar-refractivity contribution in [3.8, 4) is 23.0 Å². The van der Waals surface area contributed by atoms with Gasteiger partial charge in [0, 0.05) is 92.8 Å². The van der Waals surface area contributed by atoms with Crippen molar-refractivity contribution in [2.24, 2.45) is 23.7 Å². The van der Waals surface area contributed by atoms with Gasteiger partial charge in [0.1, 0.15) is 23.9 Å². The van der Waals surface area contributed by atoms with Crippen molar-refractivity contribution in [3.63, 3.8) is 0 Å². The van der Waals surface area contributed by atoms with Crippen molar-refractivity contribution in [2.75, 3.05) is 156 Å². The molecule has 25 nitrogen and oxygen atoms in total. The zero-order valence-corrected chi connectivity index (χ0v) is 73.7. The molecule has 6 aliphatic rings. The number of piperidine rings is 4. The molecule has 6 aliphatic heterocycles. The predicted octanol–water partition coefficient (Wildman–Crippen LogP) is 16.4. The highest BCUT2D eigenvalue weighted by molar-refractivity contribution is 7.87. The number of likely N-dealkylation sites (tertiary alicyclic amines) is 5. The van der Waals surface area contributed by atoms with Gasteiger partial charge in [-0.25, -0.2) is 71.0 Å². The molecule has 0 bridgehead atoms. The van der Waals surface area contributed by atoms with Gasteiger partial charge in [-0.2, -0.15) is 21.6 Å². The minimum Gasteiger partial charge on any atom is -0.493 e. The van der Waals surface area contributed by atoms with Crippen molar-refractivity contribution < 1.29 is 80.6 Å². The van der Waals surface area contributed by atoms with Gasteiger partial charge in [0.25, 0.3) is 19.3 Å². The quantitative estimate of drug-likeness (QED) is 0.00862. The van der Waals surface area contributed by atoms with Gasteiger partial charge >= 0.3 is 21.7 Å². The number of nitrogen functional groups attached to an aromatic ring is 1. The van der Waals surface area contributed by atoms with Gasteiger partial charge in [-0.05, 0) is 327 Å². The third-order valence-corrected chi connectivity index (χ3v) is 22.8. The number of carbonyl (C=O) groups excluding carboxylic acids is 1. The maximum absolute atomic E-state index is 12.6. The molecule has 0 spiro atoms. The Kier molecular flexibility index (Phi) is 45.6. The average molecular weight is 1810 g/mol. The molecule has 1 amide bonds. The molecule has 682 valence electrons. The summed E-state index contributed by atoms with van der Waals surface area (Å²) in [5.74, 6) is 7.04. The molecule has 0 aliphatic carbocycles. The van der Waals surface area contributed by atoms with Crippen molar-refractivity contribution in [3.05, 3.63) is 130 Å². The zero-order chi connectivity index (χ0) is 88.3. The zero-order valence-electron chi connectivity index (χ0n) is 70.6. The summed E-state index contributed by atoms with van der Waals surface area (Å²) in [7, 11) is -2.56. The lowest BCUT2D eigenvalue weighted by molar-refractivity contribution is -0.0573. The summed E-state index contributed by atoms with van der Waals surface area (Å²) in [5, 5.41) is 7.52. The van der Waals surface area contributed by atoms with Crippen LogP contribution in [0.5, 0.6) is 23.0 Å². The maximum atomic E-state index is 12.6. The lowest BCUT2D eigenvalue weighted by atomic mass is 9.91. The normalized spacial score (nSPS) is 16.9. The van der Waals surface area contributed by atoms with E-state index in [-0.39, 0.29) is 29.7 Å². The third kappa shape index (κ3) is 41.3. The van der Waals surface area contributed by atoms with Gasteiger partial charge in [0.2, 0.25) is 15.9 Å². The van der Waals surface area contributed by atoms with Crippen molar-refractivity contribution >= 4 is 62.5 Å². The van der Waals surface area contributed by atoms with E-state index in [1.54, 1.807) is 43.8 Å². The highest BCUT2D eigenvalue weighted by Gasteiger charge is 2.47. The van der Waals surface area contributed by atoms with E-state index in [2.05, 4.69) is 59.5 Å². The number of benzene rings is 2. The van der Waals surface area contributed by atoms with Crippen LogP contribution in [-0.4, -0.2) is 255 Å². The first-order valence-electron chi connectivity index (χ1n) is 42.1. The number of halogens is 12. The Morgan fingerprint density at radius 3 is 1.43 bits per heavy atom. The second-order valence-corrected chi connectivity index (χ2v) is 34.5. The van der Waals surface area contributed by atoms with Gasteiger partial charge in [0.15, 0.2) is 23.0 Å². The van der Waals surface area contributed by atoms with E-state index in [1.165, 1.54) is 71.1 Å². The van der Waals surface area contributed by atoms with Crippen LogP contribution in [0.25, 0.3) is 0 Å². The molecule has 10 heterocycles. The number of aryl methyl sites for hydroxylation is 3. The molecular formula is C84H122Cl3F9N16O9S. The summed E-state index contributed by atoms with van der Waals surface area (Å²) in [6.45, 7) is 19.8. The van der Waals surface area contributed by atoms with Crippen molar-refractivity contribution in [1.29, 1.82) is 0 Å². The lowest BCUT2D eigenvalue weighted by Gasteiger charge is -2.33. The minimum absolute atomic E-state index is 0.0890. The van der Waals surface area contributed by atoms with Gasteiger partial charge in [0.05, 0.1) is 40.5 Å². The smallest absolute Gasteiger partial charge is 0.493 e. The number of nitrogens with one attached hydrogen (secondary N) is 2. The van der Waals surface area contributed by atoms with E-state index >= 15 is 0 Å². The van der Waals surface area contributed by atoms with Crippen LogP contribution < -0.4 is 35.3 Å². The molecular weight excluding hydrogens is 1690 g/mol. The summed E-state index contributed by atoms with van der Waals surface area (Å²) >= 11 is 17.2. The van der Waals surface area contributed by atoms with Gasteiger partial charge in [-0.1, -0.05) is 6.07 Å². The number of carbonyl (C=O) groups is 1. The third-order valence-electron chi connectivity index (χ3n) is 21.2. The topological polar surface area (TPSA) is 276 Å². The fraction of sp³-hybridized carbons (Fsp3) is 0.655. The Morgan fingerprint density at radius 2 is 0.984 bits per heavy atom. The molecule has 0 saturated carbocycles. The molecule has 122 heavy (non-hydrogen) atoms. The van der Waals surface area contributed by atoms with Crippen LogP contribution in [0.1, 0.15) is 158 Å². The molecule has 6 saturated heterocycles. The summed E-state index contributed by atoms with van der Waals surface area (Å²) in [5.41, 5.74) is 4.50. The van der Waals surface area contributed by atoms with Crippen molar-refractivity contribution in [1.82, 2.24) is 69.7 Å². The van der Waals surface area contributed by atoms with Crippen LogP contribution in [0, 0.1) is 23.7 Å². The van der Waals surface area contributed by atoms with E-state index in [9.17, 15) is 52.7 Å². The first kappa shape index (κ1) is 102. The molecule has 38 heteroatoms. The number of methoxy groups -OCH3 is 2. The van der Waals surface area contributed by atoms with Gasteiger partial charge in [-0.3, -0.25) is 14.0 Å². The number of amides is 1. The predicted molar refractivity (Wildman–Crippen MR) is 455 cm³/mol. The van der Waals surface area contributed by atoms with E-state index in [1.807, 2.05) is 91.4 Å². The second kappa shape index (κ2) is 54.6. The molecule has 2 aromatic carbocycles. The fourth-order valence-corrected chi connectivity index (χ4v) is 15.5. The molecule has 6 aromatic rings. The number of hydrogen-bond acceptors (Lipinski definition) is 24. The van der Waals surface area contributed by atoms with Crippen LogP contribution in [0.4, 0.5) is 55.8 Å². The molecule has 0 radical (unpaired) electrons. The standard InChI is InChI=1S/C28H40F2N4O2.C15H23ClN4O2.C14H22N2O2.C13H18ClF2N3.C11H16ClN3.C3H3F5O3S/c1-35-25-8-6-23(19-26(25)36-18-4-15-33-13-2-3-14-33)20-28-31-12-9-24(32-28)7-5-22-10-16-34(17-11-22)21-27(29)30;1-15(2,3)22-14(21)20-8-5-11(6-9-20)10-18-12-4-7-17-13(16)19-12;1-17-13-6-5-12(15)11-14(13)18-10-4-9-16-7-2-3-8-16;14-13-17-6-3-11(18-13)2-1-10-4-7-19(8-5-10)9-12(15)16;12-11-14-8-5-10(15-11)2-1-9-3-6-13-7-4-9;4-2(5)1-11-12(9,10)3(6,7)8/h6,8-9,12,19,22,27H,2-5,7,10-11,13-18,20-21H2,1H3;4,7,11H,5-6,8-10H2,1-3H3,(H,17,18,19);5-6,11H,2-4,7-10,15H2,1H3;3,6,10,12H,1-2,4-5,7-9H2;5,8-9,13H,1-4,6-7H2;2H,1H2. The summed E-state index contributed by atoms with van der Waals surface area (Å²) in [6.07, 6.45) is 21.4. The molecule has 4 N–H and O–H groups in total. The van der Waals surface area contributed by atoms with Crippen LogP contribution in [-0.2, 0) is 44.7 Å². The SMILES string of the molecule is CC(C)(C)OC(=O)N1CCC(CNc2ccnc(Cl)n2)CC1.COc1ccc(Cc2nccc(CCC3CCN(CC(F)F)CC3)n2)cc1OCCCN1CCCC1.COc1ccc(N)cc1OCCCN1CCCC1.Clc1nccc(CCC2CCNCC2)n1.FC(F)CN1CCC(CCc2ccnc(Cl)n2)CC1.O=S(=O)(OCC(F)F)C(F)(F)F. The Balaban J connectivity index is 0.000000210. The Morgan fingerprint density at radius 1 is 0.541 bits per heavy atom. The largest absolute Gasteiger partial charge is 0.523 e. The molecule has 4 aromatic heterocycles. The summed E-state index contributed by atoms with van der Waals surface area (Å²) in [6, 6.07) is 19.1. The Hall–Kier alpha value is -7.22.